The monoisotopic (exact) mass is 256 g/mol. The van der Waals surface area contributed by atoms with Crippen molar-refractivity contribution >= 4 is 20.0 Å². The summed E-state index contributed by atoms with van der Waals surface area (Å²) < 4.78 is 49.3. The number of hydrogen-bond acceptors (Lipinski definition) is 5. The Bertz CT molecular complexity index is 426. The number of hydrogen-bond donors (Lipinski definition) is 0. The molecule has 0 saturated carbocycles. The van der Waals surface area contributed by atoms with Crippen molar-refractivity contribution in [2.75, 3.05) is 11.5 Å². The van der Waals surface area contributed by atoms with Crippen molar-refractivity contribution in [3.05, 3.63) is 0 Å². The van der Waals surface area contributed by atoms with E-state index in [4.69, 9.17) is 4.18 Å². The van der Waals surface area contributed by atoms with Crippen LogP contribution < -0.4 is 0 Å². The largest absolute Gasteiger partial charge is 0.272 e. The van der Waals surface area contributed by atoms with Gasteiger partial charge in [0.05, 0.1) is 22.4 Å². The zero-order chi connectivity index (χ0) is 11.9. The molecule has 0 amide bonds. The third-order valence-electron chi connectivity index (χ3n) is 2.20. The Labute approximate surface area is 90.9 Å². The highest BCUT2D eigenvalue weighted by molar-refractivity contribution is 7.91. The zero-order valence-corrected chi connectivity index (χ0v) is 10.7. The molecule has 1 atom stereocenters. The van der Waals surface area contributed by atoms with Crippen molar-refractivity contribution in [2.45, 2.75) is 38.0 Å². The first-order valence-corrected chi connectivity index (χ1v) is 7.90. The number of sulfone groups is 1. The number of rotatable bonds is 2. The van der Waals surface area contributed by atoms with E-state index in [1.807, 2.05) is 0 Å². The summed E-state index contributed by atoms with van der Waals surface area (Å²) in [5.74, 6) is -0.181. The fourth-order valence-electron chi connectivity index (χ4n) is 1.16. The topological polar surface area (TPSA) is 77.5 Å². The fourth-order valence-corrected chi connectivity index (χ4v) is 3.65. The molecule has 5 nitrogen and oxygen atoms in total. The molecule has 0 radical (unpaired) electrons. The molecule has 1 heterocycles. The van der Waals surface area contributed by atoms with Crippen molar-refractivity contribution in [3.8, 4) is 0 Å². The average molecular weight is 256 g/mol. The Morgan fingerprint density at radius 1 is 1.27 bits per heavy atom. The quantitative estimate of drug-likeness (QED) is 0.665. The van der Waals surface area contributed by atoms with Crippen LogP contribution in [0.3, 0.4) is 0 Å². The third kappa shape index (κ3) is 3.15. The van der Waals surface area contributed by atoms with Gasteiger partial charge in [0.2, 0.25) is 0 Å². The van der Waals surface area contributed by atoms with Gasteiger partial charge in [-0.25, -0.2) is 8.42 Å². The highest BCUT2D eigenvalue weighted by Crippen LogP contribution is 2.23. The second-order valence-electron chi connectivity index (χ2n) is 4.69. The van der Waals surface area contributed by atoms with Crippen LogP contribution in [0.5, 0.6) is 0 Å². The molecule has 0 aromatic carbocycles. The maximum absolute atomic E-state index is 11.6. The van der Waals surface area contributed by atoms with Crippen molar-refractivity contribution in [1.29, 1.82) is 0 Å². The summed E-state index contributed by atoms with van der Waals surface area (Å²) in [5, 5.41) is 0. The van der Waals surface area contributed by atoms with Gasteiger partial charge in [0.1, 0.15) is 0 Å². The van der Waals surface area contributed by atoms with Crippen LogP contribution in [-0.2, 0) is 24.1 Å². The smallest absolute Gasteiger partial charge is 0.265 e. The summed E-state index contributed by atoms with van der Waals surface area (Å²) in [5.41, 5.74) is 0. The molecule has 1 saturated heterocycles. The Hall–Kier alpha value is -0.140. The van der Waals surface area contributed by atoms with E-state index in [9.17, 15) is 16.8 Å². The molecule has 1 aliphatic heterocycles. The van der Waals surface area contributed by atoms with Gasteiger partial charge < -0.3 is 0 Å². The molecule has 0 N–H and O–H groups in total. The van der Waals surface area contributed by atoms with Crippen molar-refractivity contribution in [1.82, 2.24) is 0 Å². The summed E-state index contributed by atoms with van der Waals surface area (Å²) >= 11 is 0. The Kier molecular flexibility index (Phi) is 3.20. The van der Waals surface area contributed by atoms with E-state index in [2.05, 4.69) is 0 Å². The molecule has 1 rings (SSSR count). The molecular formula is C8H16O5S2. The molecule has 0 aromatic heterocycles. The van der Waals surface area contributed by atoms with Gasteiger partial charge in [0.25, 0.3) is 10.1 Å². The van der Waals surface area contributed by atoms with E-state index in [1.165, 1.54) is 20.8 Å². The van der Waals surface area contributed by atoms with Crippen LogP contribution in [0, 0.1) is 0 Å². The zero-order valence-electron chi connectivity index (χ0n) is 9.06. The molecule has 15 heavy (non-hydrogen) atoms. The first kappa shape index (κ1) is 12.9. The molecule has 0 bridgehead atoms. The van der Waals surface area contributed by atoms with E-state index in [1.54, 1.807) is 0 Å². The van der Waals surface area contributed by atoms with E-state index in [0.29, 0.717) is 0 Å². The minimum absolute atomic E-state index is 0.0112. The SMILES string of the molecule is CC(C)(C)S(=O)(=O)OC1CCS(=O)(=O)C1. The second kappa shape index (κ2) is 3.71. The second-order valence-corrected chi connectivity index (χ2v) is 9.24. The van der Waals surface area contributed by atoms with E-state index >= 15 is 0 Å². The summed E-state index contributed by atoms with van der Waals surface area (Å²) in [6, 6.07) is 0. The van der Waals surface area contributed by atoms with Crippen LogP contribution in [0.2, 0.25) is 0 Å². The van der Waals surface area contributed by atoms with Crippen molar-refractivity contribution < 1.29 is 21.0 Å². The molecule has 1 fully saturated rings. The van der Waals surface area contributed by atoms with Gasteiger partial charge >= 0.3 is 0 Å². The van der Waals surface area contributed by atoms with Crippen LogP contribution in [0.25, 0.3) is 0 Å². The van der Waals surface area contributed by atoms with E-state index in [0.717, 1.165) is 0 Å². The van der Waals surface area contributed by atoms with Crippen molar-refractivity contribution in [2.24, 2.45) is 0 Å². The molecule has 1 unspecified atom stereocenters. The highest BCUT2D eigenvalue weighted by Gasteiger charge is 2.37. The van der Waals surface area contributed by atoms with Gasteiger partial charge in [-0.2, -0.15) is 8.42 Å². The van der Waals surface area contributed by atoms with E-state index < -0.39 is 30.8 Å². The summed E-state index contributed by atoms with van der Waals surface area (Å²) in [6.45, 7) is 4.56. The maximum atomic E-state index is 11.6. The van der Waals surface area contributed by atoms with Gasteiger partial charge in [0, 0.05) is 0 Å². The van der Waals surface area contributed by atoms with Gasteiger partial charge in [-0.15, -0.1) is 0 Å². The minimum atomic E-state index is -3.70. The lowest BCUT2D eigenvalue weighted by Gasteiger charge is -2.20. The Morgan fingerprint density at radius 2 is 1.80 bits per heavy atom. The van der Waals surface area contributed by atoms with Gasteiger partial charge in [-0.05, 0) is 27.2 Å². The molecule has 0 aromatic rings. The Balaban J connectivity index is 2.74. The molecule has 0 aliphatic carbocycles. The standard InChI is InChI=1S/C8H16O5S2/c1-8(2,3)15(11,12)13-7-4-5-14(9,10)6-7/h7H,4-6H2,1-3H3. The van der Waals surface area contributed by atoms with Crippen LogP contribution in [-0.4, -0.2) is 39.2 Å². The van der Waals surface area contributed by atoms with Crippen LogP contribution >= 0.6 is 0 Å². The van der Waals surface area contributed by atoms with Gasteiger partial charge in [-0.1, -0.05) is 0 Å². The van der Waals surface area contributed by atoms with Crippen LogP contribution in [0.1, 0.15) is 27.2 Å². The van der Waals surface area contributed by atoms with Gasteiger partial charge in [-0.3, -0.25) is 4.18 Å². The third-order valence-corrected chi connectivity index (χ3v) is 5.97. The molecule has 0 spiro atoms. The average Bonchev–Trinajstić information content (AvgIpc) is 2.26. The minimum Gasteiger partial charge on any atom is -0.265 e. The van der Waals surface area contributed by atoms with Crippen LogP contribution in [0.4, 0.5) is 0 Å². The summed E-state index contributed by atoms with van der Waals surface area (Å²) in [6.07, 6.45) is -0.448. The normalized spacial score (nSPS) is 26.7. The molecule has 90 valence electrons. The maximum Gasteiger partial charge on any atom is 0.272 e. The summed E-state index contributed by atoms with van der Waals surface area (Å²) in [7, 11) is -6.80. The predicted octanol–water partition coefficient (Wildman–Crippen LogP) is 0.318. The summed E-state index contributed by atoms with van der Waals surface area (Å²) in [4.78, 5) is 0. The molecule has 7 heteroatoms. The lowest BCUT2D eigenvalue weighted by Crippen LogP contribution is -2.33. The first-order chi connectivity index (χ1) is 6.54. The Morgan fingerprint density at radius 3 is 2.13 bits per heavy atom. The lowest BCUT2D eigenvalue weighted by atomic mass is 10.3. The van der Waals surface area contributed by atoms with Crippen LogP contribution in [0.15, 0.2) is 0 Å². The predicted molar refractivity (Wildman–Crippen MR) is 56.8 cm³/mol. The molecule has 1 aliphatic rings. The van der Waals surface area contributed by atoms with E-state index in [-0.39, 0.29) is 17.9 Å². The first-order valence-electron chi connectivity index (χ1n) is 4.67. The molecular weight excluding hydrogens is 240 g/mol. The lowest BCUT2D eigenvalue weighted by molar-refractivity contribution is 0.227. The van der Waals surface area contributed by atoms with Crippen molar-refractivity contribution in [3.63, 3.8) is 0 Å². The van der Waals surface area contributed by atoms with Gasteiger partial charge in [0.15, 0.2) is 9.84 Å². The fraction of sp³-hybridized carbons (Fsp3) is 1.00. The highest BCUT2D eigenvalue weighted by atomic mass is 32.2.